The van der Waals surface area contributed by atoms with Crippen LogP contribution in [0.25, 0.3) is 0 Å². The monoisotopic (exact) mass is 272 g/mol. The topological polar surface area (TPSA) is 54.3 Å². The number of amides is 1. The van der Waals surface area contributed by atoms with Crippen LogP contribution in [0, 0.1) is 24.7 Å². The quantitative estimate of drug-likeness (QED) is 0.832. The molecule has 2 atom stereocenters. The number of hydrazine groups is 1. The number of furan rings is 1. The number of allylic oxidation sites excluding steroid dienone is 2. The number of carbonyl (C=O) groups is 1. The van der Waals surface area contributed by atoms with E-state index in [-0.39, 0.29) is 5.91 Å². The van der Waals surface area contributed by atoms with E-state index in [1.165, 1.54) is 37.8 Å². The summed E-state index contributed by atoms with van der Waals surface area (Å²) in [5.41, 5.74) is 9.52. The van der Waals surface area contributed by atoms with Crippen LogP contribution >= 0.6 is 0 Å². The molecule has 1 heterocycles. The highest BCUT2D eigenvalue weighted by atomic mass is 16.3. The average molecular weight is 272 g/mol. The Bertz CT molecular complexity index is 571. The van der Waals surface area contributed by atoms with Crippen LogP contribution in [-0.4, -0.2) is 5.91 Å². The molecular formula is C16H20N2O2. The molecule has 4 heteroatoms. The Labute approximate surface area is 118 Å². The fraction of sp³-hybridized carbons (Fsp3) is 0.562. The molecule has 4 aliphatic rings. The maximum atomic E-state index is 12.1. The number of hydrogen-bond acceptors (Lipinski definition) is 3. The van der Waals surface area contributed by atoms with Crippen molar-refractivity contribution in [2.24, 2.45) is 17.8 Å². The highest BCUT2D eigenvalue weighted by Gasteiger charge is 2.41. The lowest BCUT2D eigenvalue weighted by Gasteiger charge is -2.47. The molecule has 5 rings (SSSR count). The molecule has 1 aromatic heterocycles. The van der Waals surface area contributed by atoms with Crippen LogP contribution in [0.1, 0.15) is 48.2 Å². The number of aryl methyl sites for hydroxylation is 1. The summed E-state index contributed by atoms with van der Waals surface area (Å²) in [5.74, 6) is 2.99. The van der Waals surface area contributed by atoms with Crippen LogP contribution in [0.4, 0.5) is 0 Å². The molecule has 20 heavy (non-hydrogen) atoms. The standard InChI is InChI=1S/C16H20N2O2/c1-9-14(2-3-20-9)16(19)18-17-15-12-5-10-4-11(7-12)8-13(15)6-10/h2-3,10-12,17H,4-8H2,1H3,(H,18,19). The van der Waals surface area contributed by atoms with Gasteiger partial charge in [0.1, 0.15) is 5.76 Å². The number of nitrogens with one attached hydrogen (secondary N) is 2. The first-order valence-electron chi connectivity index (χ1n) is 7.53. The van der Waals surface area contributed by atoms with E-state index in [9.17, 15) is 4.79 Å². The predicted molar refractivity (Wildman–Crippen MR) is 74.6 cm³/mol. The second-order valence-electron chi connectivity index (χ2n) is 6.53. The zero-order chi connectivity index (χ0) is 13.7. The maximum absolute atomic E-state index is 12.1. The van der Waals surface area contributed by atoms with Crippen molar-refractivity contribution in [3.05, 3.63) is 34.9 Å². The van der Waals surface area contributed by atoms with Crippen molar-refractivity contribution in [2.75, 3.05) is 0 Å². The Morgan fingerprint density at radius 2 is 2.00 bits per heavy atom. The molecular weight excluding hydrogens is 252 g/mol. The van der Waals surface area contributed by atoms with Crippen LogP contribution in [-0.2, 0) is 0 Å². The normalized spacial score (nSPS) is 30.8. The molecule has 4 bridgehead atoms. The summed E-state index contributed by atoms with van der Waals surface area (Å²) in [4.78, 5) is 12.1. The van der Waals surface area contributed by atoms with Gasteiger partial charge < -0.3 is 9.84 Å². The van der Waals surface area contributed by atoms with Crippen molar-refractivity contribution in [3.63, 3.8) is 0 Å². The van der Waals surface area contributed by atoms with E-state index in [1.54, 1.807) is 24.8 Å². The Hall–Kier alpha value is -1.71. The third kappa shape index (κ3) is 1.86. The summed E-state index contributed by atoms with van der Waals surface area (Å²) in [7, 11) is 0. The molecule has 0 saturated heterocycles. The molecule has 106 valence electrons. The lowest BCUT2D eigenvalue weighted by atomic mass is 9.60. The molecule has 0 aromatic carbocycles. The summed E-state index contributed by atoms with van der Waals surface area (Å²) in [5, 5.41) is 0. The van der Waals surface area contributed by atoms with Crippen LogP contribution < -0.4 is 10.9 Å². The van der Waals surface area contributed by atoms with Gasteiger partial charge in [0.2, 0.25) is 0 Å². The Morgan fingerprint density at radius 1 is 1.25 bits per heavy atom. The Kier molecular flexibility index (Phi) is 2.65. The van der Waals surface area contributed by atoms with E-state index >= 15 is 0 Å². The van der Waals surface area contributed by atoms with Gasteiger partial charge in [-0.05, 0) is 62.5 Å². The highest BCUT2D eigenvalue weighted by molar-refractivity contribution is 5.94. The lowest BCUT2D eigenvalue weighted by molar-refractivity contribution is 0.0923. The van der Waals surface area contributed by atoms with E-state index in [0.717, 1.165) is 11.8 Å². The number of rotatable bonds is 3. The van der Waals surface area contributed by atoms with Crippen molar-refractivity contribution >= 4 is 5.91 Å². The zero-order valence-electron chi connectivity index (χ0n) is 11.7. The van der Waals surface area contributed by atoms with Gasteiger partial charge in [-0.15, -0.1) is 0 Å². The Balaban J connectivity index is 1.48. The Morgan fingerprint density at radius 3 is 2.60 bits per heavy atom. The first-order valence-corrected chi connectivity index (χ1v) is 7.53. The minimum atomic E-state index is -0.113. The van der Waals surface area contributed by atoms with Crippen molar-refractivity contribution in [3.8, 4) is 0 Å². The second kappa shape index (κ2) is 4.40. The van der Waals surface area contributed by atoms with E-state index in [2.05, 4.69) is 10.9 Å². The van der Waals surface area contributed by atoms with Gasteiger partial charge >= 0.3 is 0 Å². The fourth-order valence-electron chi connectivity index (χ4n) is 4.43. The van der Waals surface area contributed by atoms with Crippen molar-refractivity contribution in [1.29, 1.82) is 0 Å². The van der Waals surface area contributed by atoms with Gasteiger partial charge in [-0.2, -0.15) is 0 Å². The summed E-state index contributed by atoms with van der Waals surface area (Å²) in [6, 6.07) is 1.71. The molecule has 0 spiro atoms. The van der Waals surface area contributed by atoms with Crippen molar-refractivity contribution in [2.45, 2.75) is 39.0 Å². The van der Waals surface area contributed by atoms with Gasteiger partial charge in [-0.3, -0.25) is 10.2 Å². The summed E-state index contributed by atoms with van der Waals surface area (Å²) < 4.78 is 5.17. The second-order valence-corrected chi connectivity index (χ2v) is 6.53. The number of carbonyl (C=O) groups excluding carboxylic acids is 1. The molecule has 2 saturated carbocycles. The van der Waals surface area contributed by atoms with Crippen LogP contribution in [0.5, 0.6) is 0 Å². The van der Waals surface area contributed by atoms with E-state index < -0.39 is 0 Å². The minimum absolute atomic E-state index is 0.113. The molecule has 2 fully saturated rings. The van der Waals surface area contributed by atoms with Crippen LogP contribution in [0.3, 0.4) is 0 Å². The summed E-state index contributed by atoms with van der Waals surface area (Å²) in [6.45, 7) is 1.81. The zero-order valence-corrected chi connectivity index (χ0v) is 11.7. The first-order chi connectivity index (χ1) is 9.70. The van der Waals surface area contributed by atoms with Crippen LogP contribution in [0.15, 0.2) is 28.0 Å². The van der Waals surface area contributed by atoms with Gasteiger partial charge in [-0.25, -0.2) is 0 Å². The van der Waals surface area contributed by atoms with Gasteiger partial charge in [0.25, 0.3) is 5.91 Å². The third-order valence-corrected chi connectivity index (χ3v) is 5.18. The molecule has 0 radical (unpaired) electrons. The first kappa shape index (κ1) is 12.1. The molecule has 4 aliphatic carbocycles. The average Bonchev–Trinajstić information content (AvgIpc) is 2.83. The largest absolute Gasteiger partial charge is 0.469 e. The molecule has 1 aromatic rings. The van der Waals surface area contributed by atoms with E-state index in [4.69, 9.17) is 4.42 Å². The predicted octanol–water partition coefficient (Wildman–Crippen LogP) is 2.92. The van der Waals surface area contributed by atoms with Gasteiger partial charge in [0, 0.05) is 11.6 Å². The van der Waals surface area contributed by atoms with Crippen LogP contribution in [0.2, 0.25) is 0 Å². The van der Waals surface area contributed by atoms with Crippen molar-refractivity contribution in [1.82, 2.24) is 10.9 Å². The smallest absolute Gasteiger partial charge is 0.273 e. The maximum Gasteiger partial charge on any atom is 0.273 e. The highest BCUT2D eigenvalue weighted by Crippen LogP contribution is 2.52. The van der Waals surface area contributed by atoms with E-state index in [1.807, 2.05) is 0 Å². The molecule has 0 aliphatic heterocycles. The minimum Gasteiger partial charge on any atom is -0.469 e. The summed E-state index contributed by atoms with van der Waals surface area (Å²) in [6.07, 6.45) is 8.03. The molecule has 2 N–H and O–H groups in total. The third-order valence-electron chi connectivity index (χ3n) is 5.18. The van der Waals surface area contributed by atoms with Gasteiger partial charge in [-0.1, -0.05) is 0 Å². The SMILES string of the molecule is Cc1occc1C(=O)NNC1=C2CC3CC(C2)CC1C3. The van der Waals surface area contributed by atoms with Crippen molar-refractivity contribution < 1.29 is 9.21 Å². The number of hydrogen-bond donors (Lipinski definition) is 2. The lowest BCUT2D eigenvalue weighted by Crippen LogP contribution is -2.45. The van der Waals surface area contributed by atoms with E-state index in [0.29, 0.717) is 17.2 Å². The van der Waals surface area contributed by atoms with Gasteiger partial charge in [0.15, 0.2) is 0 Å². The fourth-order valence-corrected chi connectivity index (χ4v) is 4.43. The van der Waals surface area contributed by atoms with Gasteiger partial charge in [0.05, 0.1) is 11.8 Å². The molecule has 1 amide bonds. The molecule has 4 nitrogen and oxygen atoms in total. The summed E-state index contributed by atoms with van der Waals surface area (Å²) >= 11 is 0. The molecule has 2 unspecified atom stereocenters.